The molecule has 9 nitrogen and oxygen atoms in total. The molecule has 10 heteroatoms. The van der Waals surface area contributed by atoms with Crippen LogP contribution in [-0.2, 0) is 0 Å². The number of aliphatic hydroxyl groups excluding tert-OH is 1. The number of methoxy groups -OCH3 is 1. The van der Waals surface area contributed by atoms with Crippen LogP contribution in [0.2, 0.25) is 0 Å². The molecule has 0 aliphatic carbocycles. The maximum absolute atomic E-state index is 13.8. The minimum atomic E-state index is -0.886. The third-order valence-electron chi connectivity index (χ3n) is 6.66. The van der Waals surface area contributed by atoms with E-state index in [1.54, 1.807) is 25.4 Å². The predicted molar refractivity (Wildman–Crippen MR) is 140 cm³/mol. The van der Waals surface area contributed by atoms with Crippen molar-refractivity contribution in [3.05, 3.63) is 60.0 Å². The highest BCUT2D eigenvalue weighted by Crippen LogP contribution is 2.38. The van der Waals surface area contributed by atoms with Crippen molar-refractivity contribution in [3.63, 3.8) is 0 Å². The van der Waals surface area contributed by atoms with Gasteiger partial charge in [-0.05, 0) is 30.2 Å². The number of amides is 1. The molecular formula is C28H26FN5O4. The van der Waals surface area contributed by atoms with Gasteiger partial charge in [-0.1, -0.05) is 6.07 Å². The average molecular weight is 516 g/mol. The average Bonchev–Trinajstić information content (AvgIpc) is 3.58. The number of carbonyl (C=O) groups is 1. The van der Waals surface area contributed by atoms with Crippen LogP contribution in [0.4, 0.5) is 10.1 Å². The van der Waals surface area contributed by atoms with Crippen molar-refractivity contribution in [2.75, 3.05) is 45.3 Å². The fourth-order valence-corrected chi connectivity index (χ4v) is 4.66. The third-order valence-corrected chi connectivity index (χ3v) is 6.66. The summed E-state index contributed by atoms with van der Waals surface area (Å²) in [6.45, 7) is 0.896. The number of pyridine rings is 2. The Morgan fingerprint density at radius 1 is 1.29 bits per heavy atom. The Labute approximate surface area is 218 Å². The molecule has 5 rings (SSSR count). The van der Waals surface area contributed by atoms with E-state index in [0.717, 1.165) is 16.8 Å². The van der Waals surface area contributed by atoms with Gasteiger partial charge < -0.3 is 24.1 Å². The van der Waals surface area contributed by atoms with Gasteiger partial charge >= 0.3 is 0 Å². The second-order valence-corrected chi connectivity index (χ2v) is 9.08. The fraction of sp³-hybridized carbons (Fsp3) is 0.286. The molecule has 4 aromatic rings. The number of likely N-dealkylation sites (N-methyl/N-ethyl adjacent to an activating group) is 1. The van der Waals surface area contributed by atoms with Gasteiger partial charge in [0.25, 0.3) is 5.91 Å². The van der Waals surface area contributed by atoms with Gasteiger partial charge in [-0.25, -0.2) is 4.39 Å². The Morgan fingerprint density at radius 2 is 2.13 bits per heavy atom. The normalized spacial score (nSPS) is 15.0. The SMILES string of the molecule is COc1cc(C(=O)N(C)CCO)ncc1-c1cc2nccc(-c3ccc(N4CCC(F)C4)c(C#N)c3)c2o1. The number of nitriles is 1. The number of halogens is 1. The van der Waals surface area contributed by atoms with Crippen LogP contribution in [0.3, 0.4) is 0 Å². The van der Waals surface area contributed by atoms with Crippen LogP contribution in [-0.4, -0.2) is 72.5 Å². The molecule has 1 atom stereocenters. The topological polar surface area (TPSA) is 116 Å². The Kier molecular flexibility index (Phi) is 6.94. The van der Waals surface area contributed by atoms with E-state index < -0.39 is 6.17 Å². The highest BCUT2D eigenvalue weighted by Gasteiger charge is 2.25. The molecule has 1 fully saturated rings. The van der Waals surface area contributed by atoms with Crippen LogP contribution in [0.5, 0.6) is 5.75 Å². The lowest BCUT2D eigenvalue weighted by Crippen LogP contribution is -2.30. The summed E-state index contributed by atoms with van der Waals surface area (Å²) in [5, 5.41) is 18.9. The van der Waals surface area contributed by atoms with Gasteiger partial charge in [0, 0.05) is 56.8 Å². The number of aromatic nitrogens is 2. The van der Waals surface area contributed by atoms with Crippen molar-refractivity contribution in [2.45, 2.75) is 12.6 Å². The summed E-state index contributed by atoms with van der Waals surface area (Å²) < 4.78 is 25.5. The molecule has 1 aliphatic heterocycles. The van der Waals surface area contributed by atoms with Crippen molar-refractivity contribution in [3.8, 4) is 34.3 Å². The molecule has 1 aromatic carbocycles. The maximum atomic E-state index is 13.8. The number of furan rings is 1. The second-order valence-electron chi connectivity index (χ2n) is 9.08. The van der Waals surface area contributed by atoms with Gasteiger partial charge in [0.15, 0.2) is 5.58 Å². The van der Waals surface area contributed by atoms with E-state index in [2.05, 4.69) is 16.0 Å². The van der Waals surface area contributed by atoms with E-state index in [9.17, 15) is 14.4 Å². The minimum Gasteiger partial charge on any atom is -0.496 e. The first kappa shape index (κ1) is 25.2. The van der Waals surface area contributed by atoms with Crippen molar-refractivity contribution >= 4 is 22.7 Å². The molecule has 38 heavy (non-hydrogen) atoms. The smallest absolute Gasteiger partial charge is 0.272 e. The monoisotopic (exact) mass is 515 g/mol. The number of hydrogen-bond acceptors (Lipinski definition) is 8. The minimum absolute atomic E-state index is 0.152. The van der Waals surface area contributed by atoms with Gasteiger partial charge in [0.1, 0.15) is 35.0 Å². The third kappa shape index (κ3) is 4.64. The number of carbonyl (C=O) groups excluding carboxylic acids is 1. The quantitative estimate of drug-likeness (QED) is 0.392. The first-order chi connectivity index (χ1) is 18.4. The van der Waals surface area contributed by atoms with E-state index in [1.807, 2.05) is 23.1 Å². The fourth-order valence-electron chi connectivity index (χ4n) is 4.66. The van der Waals surface area contributed by atoms with E-state index in [4.69, 9.17) is 14.3 Å². The van der Waals surface area contributed by atoms with Crippen molar-refractivity contribution in [1.29, 1.82) is 5.26 Å². The summed E-state index contributed by atoms with van der Waals surface area (Å²) in [7, 11) is 3.08. The van der Waals surface area contributed by atoms with Crippen LogP contribution >= 0.6 is 0 Å². The summed E-state index contributed by atoms with van der Waals surface area (Å²) >= 11 is 0. The van der Waals surface area contributed by atoms with E-state index in [-0.39, 0.29) is 31.3 Å². The number of hydrogen-bond donors (Lipinski definition) is 1. The van der Waals surface area contributed by atoms with Crippen LogP contribution in [0.15, 0.2) is 53.2 Å². The Bertz CT molecular complexity index is 1550. The van der Waals surface area contributed by atoms with Crippen LogP contribution in [0.25, 0.3) is 33.6 Å². The molecule has 1 saturated heterocycles. The lowest BCUT2D eigenvalue weighted by Gasteiger charge is -2.19. The van der Waals surface area contributed by atoms with Crippen molar-refractivity contribution in [1.82, 2.24) is 14.9 Å². The summed E-state index contributed by atoms with van der Waals surface area (Å²) in [4.78, 5) is 24.6. The number of benzene rings is 1. The second kappa shape index (κ2) is 10.5. The highest BCUT2D eigenvalue weighted by molar-refractivity contribution is 5.95. The summed E-state index contributed by atoms with van der Waals surface area (Å²) in [6, 6.07) is 12.9. The number of aliphatic hydroxyl groups is 1. The first-order valence-electron chi connectivity index (χ1n) is 12.2. The number of fused-ring (bicyclic) bond motifs is 1. The van der Waals surface area contributed by atoms with Crippen LogP contribution in [0.1, 0.15) is 22.5 Å². The zero-order valence-electron chi connectivity index (χ0n) is 21.0. The molecule has 4 heterocycles. The Morgan fingerprint density at radius 3 is 2.84 bits per heavy atom. The van der Waals surface area contributed by atoms with Crippen molar-refractivity contribution < 1.29 is 23.4 Å². The molecule has 0 saturated carbocycles. The van der Waals surface area contributed by atoms with E-state index in [0.29, 0.717) is 46.7 Å². The number of rotatable bonds is 7. The van der Waals surface area contributed by atoms with Gasteiger partial charge in [-0.15, -0.1) is 0 Å². The molecule has 1 aliphatic rings. The van der Waals surface area contributed by atoms with Crippen LogP contribution < -0.4 is 9.64 Å². The van der Waals surface area contributed by atoms with E-state index >= 15 is 0 Å². The molecule has 1 N–H and O–H groups in total. The highest BCUT2D eigenvalue weighted by atomic mass is 19.1. The first-order valence-corrected chi connectivity index (χ1v) is 12.2. The molecule has 0 bridgehead atoms. The number of nitrogens with zero attached hydrogens (tertiary/aromatic N) is 5. The lowest BCUT2D eigenvalue weighted by atomic mass is 10.0. The van der Waals surface area contributed by atoms with Crippen LogP contribution in [0, 0.1) is 11.3 Å². The number of alkyl halides is 1. The lowest BCUT2D eigenvalue weighted by molar-refractivity contribution is 0.0761. The molecule has 3 aromatic heterocycles. The Hall–Kier alpha value is -4.49. The number of ether oxygens (including phenoxy) is 1. The summed E-state index contributed by atoms with van der Waals surface area (Å²) in [5.41, 5.74) is 4.55. The zero-order valence-corrected chi connectivity index (χ0v) is 21.0. The summed E-state index contributed by atoms with van der Waals surface area (Å²) in [5.74, 6) is 0.509. The van der Waals surface area contributed by atoms with Gasteiger partial charge in [-0.3, -0.25) is 14.8 Å². The molecule has 1 unspecified atom stereocenters. The van der Waals surface area contributed by atoms with Gasteiger partial charge in [0.05, 0.1) is 30.5 Å². The molecule has 0 spiro atoms. The molecular weight excluding hydrogens is 489 g/mol. The predicted octanol–water partition coefficient (Wildman–Crippen LogP) is 4.05. The van der Waals surface area contributed by atoms with Gasteiger partial charge in [0.2, 0.25) is 0 Å². The standard InChI is InChI=1S/C28H26FN5O4/c1-33(9-10-35)28(36)23-13-25(37-2)21(15-32-23)26-12-22-27(38-26)20(5-7-31-22)17-3-4-24(18(11-17)14-30)34-8-6-19(29)16-34/h3-5,7,11-13,15,19,35H,6,8-10,16H2,1-2H3. The zero-order chi connectivity index (χ0) is 26.8. The summed E-state index contributed by atoms with van der Waals surface area (Å²) in [6.07, 6.45) is 2.74. The molecule has 0 radical (unpaired) electrons. The molecule has 1 amide bonds. The largest absolute Gasteiger partial charge is 0.496 e. The van der Waals surface area contributed by atoms with Crippen molar-refractivity contribution in [2.24, 2.45) is 0 Å². The molecule has 194 valence electrons. The van der Waals surface area contributed by atoms with Gasteiger partial charge in [-0.2, -0.15) is 5.26 Å². The number of anilines is 1. The Balaban J connectivity index is 1.52. The maximum Gasteiger partial charge on any atom is 0.272 e. The van der Waals surface area contributed by atoms with E-state index in [1.165, 1.54) is 24.3 Å².